The van der Waals surface area contributed by atoms with Crippen LogP contribution in [0, 0.1) is 0 Å². The number of aromatic nitrogens is 8. The van der Waals surface area contributed by atoms with Gasteiger partial charge in [0.25, 0.3) is 11.5 Å². The molecule has 0 saturated carbocycles. The molecule has 276 valence electrons. The molecular weight excluding hydrogens is 733 g/mol. The van der Waals surface area contributed by atoms with Gasteiger partial charge < -0.3 is 29.2 Å². The molecule has 0 bridgehead atoms. The number of aryl methyl sites for hydroxylation is 1. The van der Waals surface area contributed by atoms with Crippen molar-refractivity contribution in [3.05, 3.63) is 105 Å². The summed E-state index contributed by atoms with van der Waals surface area (Å²) in [6.07, 6.45) is -1.24. The number of ether oxygens (including phenoxy) is 1. The molecule has 15 nitrogen and oxygen atoms in total. The summed E-state index contributed by atoms with van der Waals surface area (Å²) in [6.45, 7) is -0.188. The molecule has 6 heterocycles. The first-order valence-corrected chi connectivity index (χ1v) is 16.9. The third-order valence-electron chi connectivity index (χ3n) is 9.63. The molecular formula is C35H28ClF3N10O5. The summed E-state index contributed by atoms with van der Waals surface area (Å²) in [5, 5.41) is 25.0. The maximum atomic E-state index is 14.4. The Balaban J connectivity index is 1.16. The fourth-order valence-electron chi connectivity index (χ4n) is 6.89. The Bertz CT molecular complexity index is 2520. The molecule has 54 heavy (non-hydrogen) atoms. The van der Waals surface area contributed by atoms with Crippen LogP contribution in [0.25, 0.3) is 28.6 Å². The van der Waals surface area contributed by atoms with Gasteiger partial charge in [-0.1, -0.05) is 35.9 Å². The van der Waals surface area contributed by atoms with Crippen molar-refractivity contribution in [2.24, 2.45) is 7.05 Å². The second-order valence-corrected chi connectivity index (χ2v) is 13.3. The lowest BCUT2D eigenvalue weighted by Gasteiger charge is -2.38. The Hall–Kier alpha value is -6.14. The van der Waals surface area contributed by atoms with E-state index in [0.29, 0.717) is 17.1 Å². The van der Waals surface area contributed by atoms with E-state index in [0.717, 1.165) is 28.3 Å². The summed E-state index contributed by atoms with van der Waals surface area (Å²) in [7, 11) is 1.81. The number of anilines is 1. The van der Waals surface area contributed by atoms with Crippen molar-refractivity contribution >= 4 is 34.9 Å². The number of carbonyl (C=O) groups excluding carboxylic acids is 2. The maximum Gasteiger partial charge on any atom is 0.416 e. The van der Waals surface area contributed by atoms with E-state index in [4.69, 9.17) is 16.3 Å². The number of amides is 2. The maximum absolute atomic E-state index is 14.4. The number of halogens is 4. The Morgan fingerprint density at radius 1 is 1.07 bits per heavy atom. The van der Waals surface area contributed by atoms with Crippen molar-refractivity contribution in [3.63, 3.8) is 0 Å². The number of alkyl halides is 3. The molecule has 2 aliphatic rings. The third kappa shape index (κ3) is 6.02. The molecule has 0 atom stereocenters. The van der Waals surface area contributed by atoms with E-state index in [2.05, 4.69) is 30.6 Å². The first-order valence-electron chi connectivity index (χ1n) is 16.5. The highest BCUT2D eigenvalue weighted by Gasteiger charge is 2.48. The van der Waals surface area contributed by atoms with Crippen molar-refractivity contribution in [1.29, 1.82) is 0 Å². The molecule has 2 N–H and O–H groups in total. The van der Waals surface area contributed by atoms with Crippen molar-refractivity contribution in [1.82, 2.24) is 43.8 Å². The molecule has 2 aliphatic heterocycles. The molecule has 2 aromatic carbocycles. The quantitative estimate of drug-likeness (QED) is 0.247. The van der Waals surface area contributed by atoms with Gasteiger partial charge in [-0.05, 0) is 43.2 Å². The van der Waals surface area contributed by atoms with E-state index in [-0.39, 0.29) is 71.9 Å². The monoisotopic (exact) mass is 760 g/mol. The predicted octanol–water partition coefficient (Wildman–Crippen LogP) is 4.43. The molecule has 1 saturated heterocycles. The lowest BCUT2D eigenvalue weighted by atomic mass is 9.85. The first kappa shape index (κ1) is 34.9. The van der Waals surface area contributed by atoms with Crippen LogP contribution in [0.15, 0.2) is 71.9 Å². The number of benzene rings is 2. The van der Waals surface area contributed by atoms with Crippen LogP contribution in [0.2, 0.25) is 5.02 Å². The number of hydrogen-bond acceptors (Lipinski definition) is 10. The molecule has 0 unspecified atom stereocenters. The van der Waals surface area contributed by atoms with E-state index < -0.39 is 41.3 Å². The van der Waals surface area contributed by atoms with E-state index in [1.54, 1.807) is 35.2 Å². The second kappa shape index (κ2) is 13.1. The molecule has 4 aromatic heterocycles. The molecule has 6 aromatic rings. The zero-order valence-corrected chi connectivity index (χ0v) is 29.0. The SMILES string of the molecule is Cn1cnnc1-c1ccc(-c2nc3n(CC(=O)Nc4ccc(C(F)(F)F)cc4Cl)c4c(c(=O)n3n2)C2(CCN(C(=O)c3ncccc3O)CC2)OC4)cc1. The summed E-state index contributed by atoms with van der Waals surface area (Å²) >= 11 is 6.13. The van der Waals surface area contributed by atoms with Crippen LogP contribution in [0.4, 0.5) is 18.9 Å². The van der Waals surface area contributed by atoms with E-state index >= 15 is 0 Å². The number of rotatable bonds is 6. The second-order valence-electron chi connectivity index (χ2n) is 12.9. The van der Waals surface area contributed by atoms with E-state index in [1.807, 2.05) is 7.05 Å². The number of carbonyl (C=O) groups is 2. The van der Waals surface area contributed by atoms with E-state index in [9.17, 15) is 32.7 Å². The van der Waals surface area contributed by atoms with Gasteiger partial charge in [0, 0.05) is 37.5 Å². The van der Waals surface area contributed by atoms with Gasteiger partial charge in [-0.3, -0.25) is 14.4 Å². The molecule has 8 rings (SSSR count). The van der Waals surface area contributed by atoms with Gasteiger partial charge in [-0.15, -0.1) is 15.3 Å². The van der Waals surface area contributed by atoms with Gasteiger partial charge >= 0.3 is 6.18 Å². The minimum atomic E-state index is -4.63. The summed E-state index contributed by atoms with van der Waals surface area (Å²) in [5.41, 5.74) is -0.829. The Kier molecular flexibility index (Phi) is 8.45. The Morgan fingerprint density at radius 3 is 2.48 bits per heavy atom. The number of fused-ring (bicyclic) bond motifs is 3. The third-order valence-corrected chi connectivity index (χ3v) is 9.94. The normalized spacial score (nSPS) is 15.2. The number of hydrogen-bond donors (Lipinski definition) is 2. The number of likely N-dealkylation sites (tertiary alicyclic amines) is 1. The van der Waals surface area contributed by atoms with Crippen molar-refractivity contribution in [2.75, 3.05) is 18.4 Å². The average molecular weight is 761 g/mol. The molecule has 0 aliphatic carbocycles. The highest BCUT2D eigenvalue weighted by molar-refractivity contribution is 6.33. The van der Waals surface area contributed by atoms with Gasteiger partial charge in [-0.2, -0.15) is 22.7 Å². The van der Waals surface area contributed by atoms with Crippen LogP contribution in [0.1, 0.15) is 40.2 Å². The molecule has 1 fully saturated rings. The fourth-order valence-corrected chi connectivity index (χ4v) is 7.12. The van der Waals surface area contributed by atoms with Crippen LogP contribution >= 0.6 is 11.6 Å². The van der Waals surface area contributed by atoms with Crippen LogP contribution in [-0.2, 0) is 41.5 Å². The smallest absolute Gasteiger partial charge is 0.416 e. The zero-order valence-electron chi connectivity index (χ0n) is 28.2. The van der Waals surface area contributed by atoms with Gasteiger partial charge in [0.2, 0.25) is 11.7 Å². The first-order chi connectivity index (χ1) is 25.8. The van der Waals surface area contributed by atoms with Crippen LogP contribution in [-0.4, -0.2) is 73.8 Å². The largest absolute Gasteiger partial charge is 0.505 e. The van der Waals surface area contributed by atoms with Gasteiger partial charge in [-0.25, -0.2) is 4.98 Å². The van der Waals surface area contributed by atoms with Gasteiger partial charge in [0.15, 0.2) is 17.3 Å². The minimum absolute atomic E-state index is 0.0266. The van der Waals surface area contributed by atoms with Crippen molar-refractivity contribution in [2.45, 2.75) is 37.8 Å². The molecule has 2 amide bonds. The van der Waals surface area contributed by atoms with Crippen molar-refractivity contribution in [3.8, 4) is 28.5 Å². The standard InChI is InChI=1S/C35H28ClF3N10O5/c1-46-18-41-44-30(46)20-6-4-19(5-7-20)29-43-33-48(16-26(51)42-23-9-8-21(15-22(23)36)35(37,38)39)24-17-54-34(27(24)31(52)49(33)45-29)10-13-47(14-11-34)32(53)28-25(50)3-2-12-40-28/h2-9,12,15,18,50H,10-11,13-14,16-17H2,1H3,(H,42,51). The van der Waals surface area contributed by atoms with Gasteiger partial charge in [0.1, 0.15) is 24.2 Å². The van der Waals surface area contributed by atoms with Crippen LogP contribution in [0.5, 0.6) is 5.75 Å². The summed E-state index contributed by atoms with van der Waals surface area (Å²) in [4.78, 5) is 51.4. The van der Waals surface area contributed by atoms with E-state index in [1.165, 1.54) is 27.8 Å². The highest BCUT2D eigenvalue weighted by atomic mass is 35.5. The number of aromatic hydroxyl groups is 1. The molecule has 1 spiro atoms. The summed E-state index contributed by atoms with van der Waals surface area (Å²) in [5.74, 6) is -0.548. The Morgan fingerprint density at radius 2 is 1.81 bits per heavy atom. The number of nitrogens with zero attached hydrogens (tertiary/aromatic N) is 9. The Labute approximate surface area is 307 Å². The van der Waals surface area contributed by atoms with Crippen molar-refractivity contribution < 1.29 is 32.6 Å². The number of pyridine rings is 1. The molecule has 0 radical (unpaired) electrons. The zero-order chi connectivity index (χ0) is 37.9. The number of piperidine rings is 1. The average Bonchev–Trinajstić information content (AvgIpc) is 3.89. The highest BCUT2D eigenvalue weighted by Crippen LogP contribution is 2.43. The topological polar surface area (TPSA) is 175 Å². The summed E-state index contributed by atoms with van der Waals surface area (Å²) in [6, 6.07) is 12.6. The fraction of sp³-hybridized carbons (Fsp3) is 0.257. The minimum Gasteiger partial charge on any atom is -0.505 e. The lowest BCUT2D eigenvalue weighted by Crippen LogP contribution is -2.47. The summed E-state index contributed by atoms with van der Waals surface area (Å²) < 4.78 is 50.4. The van der Waals surface area contributed by atoms with Crippen LogP contribution < -0.4 is 10.9 Å². The van der Waals surface area contributed by atoms with Gasteiger partial charge in [0.05, 0.1) is 34.1 Å². The predicted molar refractivity (Wildman–Crippen MR) is 185 cm³/mol. The van der Waals surface area contributed by atoms with Crippen LogP contribution in [0.3, 0.4) is 0 Å². The lowest BCUT2D eigenvalue weighted by molar-refractivity contribution is -0.137. The number of nitrogens with one attached hydrogen (secondary N) is 1. The molecule has 19 heteroatoms.